The number of carboxylic acids is 2. The van der Waals surface area contributed by atoms with E-state index in [9.17, 15) is 9.59 Å². The zero-order valence-corrected chi connectivity index (χ0v) is 5.78. The minimum absolute atomic E-state index is 0.558. The van der Waals surface area contributed by atoms with Gasteiger partial charge in [-0.05, 0) is 0 Å². The van der Waals surface area contributed by atoms with Crippen molar-refractivity contribution in [2.45, 2.75) is 0 Å². The van der Waals surface area contributed by atoms with Crippen LogP contribution < -0.4 is 0 Å². The lowest BCUT2D eigenvalue weighted by molar-refractivity contribution is -0.134. The van der Waals surface area contributed by atoms with Gasteiger partial charge in [0, 0.05) is 12.2 Å². The Balaban J connectivity index is 0. The van der Waals surface area contributed by atoms with Gasteiger partial charge in [-0.1, -0.05) is 0 Å². The van der Waals surface area contributed by atoms with Gasteiger partial charge in [0.25, 0.3) is 0 Å². The number of carboxylic acid groups (broad SMARTS) is 2. The molecule has 0 rings (SSSR count). The van der Waals surface area contributed by atoms with Gasteiger partial charge in [-0.3, -0.25) is 0 Å². The molecule has 12 heavy (non-hydrogen) atoms. The summed E-state index contributed by atoms with van der Waals surface area (Å²) in [5.41, 5.74) is 0. The molecule has 0 bridgehead atoms. The molecule has 0 heterocycles. The lowest BCUT2D eigenvalue weighted by atomic mass is 10.3. The third kappa shape index (κ3) is 38.2. The van der Waals surface area contributed by atoms with E-state index in [0.29, 0.717) is 12.2 Å². The largest absolute Gasteiger partial charge is 0.631 e. The van der Waals surface area contributed by atoms with Gasteiger partial charge < -0.3 is 25.3 Å². The van der Waals surface area contributed by atoms with Gasteiger partial charge in [0.15, 0.2) is 0 Å². The Hall–Kier alpha value is -1.38. The summed E-state index contributed by atoms with van der Waals surface area (Å²) in [6, 6.07) is 0. The van der Waals surface area contributed by atoms with Crippen molar-refractivity contribution in [2.24, 2.45) is 0 Å². The average Bonchev–Trinajstić information content (AvgIpc) is 1.82. The lowest BCUT2D eigenvalue weighted by Gasteiger charge is -1.74. The highest BCUT2D eigenvalue weighted by Crippen LogP contribution is 1.70. The fourth-order valence-corrected chi connectivity index (χ4v) is 0.143. The van der Waals surface area contributed by atoms with Crippen molar-refractivity contribution < 1.29 is 34.9 Å². The molecule has 0 saturated carbocycles. The van der Waals surface area contributed by atoms with E-state index in [2.05, 4.69) is 0 Å². The van der Waals surface area contributed by atoms with E-state index in [0.717, 1.165) is 0 Å². The molecule has 0 aliphatic heterocycles. The van der Waals surface area contributed by atoms with Gasteiger partial charge >= 0.3 is 19.3 Å². The van der Waals surface area contributed by atoms with Crippen LogP contribution in [0.15, 0.2) is 12.2 Å². The van der Waals surface area contributed by atoms with E-state index in [4.69, 9.17) is 25.3 Å². The summed E-state index contributed by atoms with van der Waals surface area (Å²) in [6.07, 6.45) is 1.12. The van der Waals surface area contributed by atoms with Crippen LogP contribution in [0.3, 0.4) is 0 Å². The third-order valence-corrected chi connectivity index (χ3v) is 0.368. The topological polar surface area (TPSA) is 135 Å². The average molecular weight is 178 g/mol. The van der Waals surface area contributed by atoms with Crippen molar-refractivity contribution in [1.29, 1.82) is 0 Å². The first-order chi connectivity index (χ1) is 5.36. The van der Waals surface area contributed by atoms with Crippen LogP contribution in [-0.4, -0.2) is 44.5 Å². The molecule has 5 N–H and O–H groups in total. The molecular formula is C4H7BO7. The highest BCUT2D eigenvalue weighted by Gasteiger charge is 1.92. The number of carbonyl (C=O) groups is 2. The van der Waals surface area contributed by atoms with E-state index in [1.165, 1.54) is 0 Å². The molecule has 0 aliphatic rings. The second kappa shape index (κ2) is 7.73. The van der Waals surface area contributed by atoms with Crippen LogP contribution in [0.5, 0.6) is 0 Å². The molecule has 0 fully saturated rings. The molecule has 0 aliphatic carbocycles. The highest BCUT2D eigenvalue weighted by molar-refractivity contribution is 6.30. The van der Waals surface area contributed by atoms with Crippen molar-refractivity contribution >= 4 is 19.3 Å². The van der Waals surface area contributed by atoms with Crippen LogP contribution in [0.4, 0.5) is 0 Å². The van der Waals surface area contributed by atoms with Gasteiger partial charge in [0.05, 0.1) is 0 Å². The molecular weight excluding hydrogens is 171 g/mol. The Morgan fingerprint density at radius 3 is 1.17 bits per heavy atom. The maximum Gasteiger partial charge on any atom is 0.631 e. The van der Waals surface area contributed by atoms with E-state index >= 15 is 0 Å². The Morgan fingerprint density at radius 2 is 1.08 bits per heavy atom. The molecule has 0 radical (unpaired) electrons. The predicted molar refractivity (Wildman–Crippen MR) is 36.8 cm³/mol. The van der Waals surface area contributed by atoms with Crippen molar-refractivity contribution in [3.8, 4) is 0 Å². The summed E-state index contributed by atoms with van der Waals surface area (Å²) < 4.78 is 0. The third-order valence-electron chi connectivity index (χ3n) is 0.368. The van der Waals surface area contributed by atoms with Crippen LogP contribution in [0.1, 0.15) is 0 Å². The quantitative estimate of drug-likeness (QED) is 0.236. The van der Waals surface area contributed by atoms with E-state index < -0.39 is 19.3 Å². The predicted octanol–water partition coefficient (Wildman–Crippen LogP) is -2.34. The van der Waals surface area contributed by atoms with Gasteiger partial charge in [0.2, 0.25) is 0 Å². The summed E-state index contributed by atoms with van der Waals surface area (Å²) >= 11 is 0. The Morgan fingerprint density at radius 1 is 0.917 bits per heavy atom. The van der Waals surface area contributed by atoms with Crippen LogP contribution in [0.25, 0.3) is 0 Å². The molecule has 0 unspecified atom stereocenters. The molecule has 8 heteroatoms. The van der Waals surface area contributed by atoms with Gasteiger partial charge in [-0.2, -0.15) is 0 Å². The summed E-state index contributed by atoms with van der Waals surface area (Å²) in [7, 11) is -2.17. The Labute approximate surface area is 67.4 Å². The zero-order valence-electron chi connectivity index (χ0n) is 5.78. The number of hydrogen-bond acceptors (Lipinski definition) is 5. The minimum Gasteiger partial charge on any atom is -0.478 e. The molecule has 68 valence electrons. The first-order valence-electron chi connectivity index (χ1n) is 2.54. The molecule has 7 nitrogen and oxygen atoms in total. The standard InChI is InChI=1S/C4H4O4.BH3O3/c5-3(6)1-2-4(7)8;2-1(3)4/h1-2H,(H,5,6)(H,7,8);2-4H. The van der Waals surface area contributed by atoms with Crippen LogP contribution in [0, 0.1) is 0 Å². The van der Waals surface area contributed by atoms with Crippen molar-refractivity contribution in [2.75, 3.05) is 0 Å². The minimum atomic E-state index is -2.17. The fraction of sp³-hybridized carbons (Fsp3) is 0. The van der Waals surface area contributed by atoms with Crippen molar-refractivity contribution in [1.82, 2.24) is 0 Å². The summed E-state index contributed by atoms with van der Waals surface area (Å²) in [4.78, 5) is 19.1. The first-order valence-corrected chi connectivity index (χ1v) is 2.54. The van der Waals surface area contributed by atoms with Gasteiger partial charge in [0.1, 0.15) is 0 Å². The maximum atomic E-state index is 9.55. The number of aliphatic carboxylic acids is 2. The summed E-state index contributed by atoms with van der Waals surface area (Å²) in [5.74, 6) is -2.51. The molecule has 0 amide bonds. The molecule has 0 saturated heterocycles. The normalized spacial score (nSPS) is 8.58. The number of rotatable bonds is 2. The van der Waals surface area contributed by atoms with Crippen LogP contribution >= 0.6 is 0 Å². The molecule has 0 aromatic carbocycles. The van der Waals surface area contributed by atoms with E-state index in [1.54, 1.807) is 0 Å². The lowest BCUT2D eigenvalue weighted by Crippen LogP contribution is -2.07. The molecule has 0 aromatic heterocycles. The molecule has 0 atom stereocenters. The second-order valence-electron chi connectivity index (χ2n) is 1.36. The maximum absolute atomic E-state index is 9.55. The second-order valence-corrected chi connectivity index (χ2v) is 1.36. The van der Waals surface area contributed by atoms with Gasteiger partial charge in [-0.25, -0.2) is 9.59 Å². The number of hydrogen-bond donors (Lipinski definition) is 5. The Bertz CT molecular complexity index is 155. The summed E-state index contributed by atoms with van der Waals surface area (Å²) in [5, 5.41) is 37.1. The SMILES string of the molecule is O=C(O)C=CC(=O)O.OB(O)O. The van der Waals surface area contributed by atoms with E-state index in [1.807, 2.05) is 0 Å². The zero-order chi connectivity index (χ0) is 10.1. The first kappa shape index (κ1) is 13.2. The van der Waals surface area contributed by atoms with Crippen molar-refractivity contribution in [3.05, 3.63) is 12.2 Å². The fourth-order valence-electron chi connectivity index (χ4n) is 0.143. The van der Waals surface area contributed by atoms with Gasteiger partial charge in [-0.15, -0.1) is 0 Å². The molecule has 0 spiro atoms. The summed E-state index contributed by atoms with van der Waals surface area (Å²) in [6.45, 7) is 0. The van der Waals surface area contributed by atoms with Crippen LogP contribution in [-0.2, 0) is 9.59 Å². The van der Waals surface area contributed by atoms with Crippen LogP contribution in [0.2, 0.25) is 0 Å². The molecule has 0 aromatic rings. The highest BCUT2D eigenvalue weighted by atomic mass is 16.5. The van der Waals surface area contributed by atoms with Crippen molar-refractivity contribution in [3.63, 3.8) is 0 Å². The smallest absolute Gasteiger partial charge is 0.478 e. The van der Waals surface area contributed by atoms with E-state index in [-0.39, 0.29) is 0 Å². The Kier molecular flexibility index (Phi) is 8.52. The monoisotopic (exact) mass is 178 g/mol.